The molecule has 0 N–H and O–H groups in total. The third-order valence-corrected chi connectivity index (χ3v) is 4.59. The molecule has 7 nitrogen and oxygen atoms in total. The summed E-state index contributed by atoms with van der Waals surface area (Å²) >= 11 is 6.32. The van der Waals surface area contributed by atoms with Crippen LogP contribution in [0.15, 0.2) is 33.5 Å². The van der Waals surface area contributed by atoms with Gasteiger partial charge in [-0.05, 0) is 25.0 Å². The molecule has 0 saturated carbocycles. The van der Waals surface area contributed by atoms with Crippen molar-refractivity contribution in [2.45, 2.75) is 33.9 Å². The van der Waals surface area contributed by atoms with Crippen molar-refractivity contribution in [3.63, 3.8) is 0 Å². The maximum atomic E-state index is 12.6. The van der Waals surface area contributed by atoms with Gasteiger partial charge in [0.05, 0.1) is 12.8 Å². The number of aromatic nitrogens is 2. The fourth-order valence-electron chi connectivity index (χ4n) is 2.92. The van der Waals surface area contributed by atoms with Crippen LogP contribution in [-0.4, -0.2) is 22.9 Å². The van der Waals surface area contributed by atoms with Crippen LogP contribution in [0.2, 0.25) is 5.15 Å². The summed E-state index contributed by atoms with van der Waals surface area (Å²) < 4.78 is 17.4. The van der Waals surface area contributed by atoms with E-state index < -0.39 is 11.6 Å². The number of esters is 1. The smallest absolute Gasteiger partial charge is 0.343 e. The second-order valence-electron chi connectivity index (χ2n) is 6.86. The second kappa shape index (κ2) is 8.06. The normalized spacial score (nSPS) is 11.2. The molecule has 8 heteroatoms. The zero-order valence-electron chi connectivity index (χ0n) is 16.1. The van der Waals surface area contributed by atoms with Crippen molar-refractivity contribution in [3.8, 4) is 5.75 Å². The summed E-state index contributed by atoms with van der Waals surface area (Å²) in [5.74, 6) is 0.296. The van der Waals surface area contributed by atoms with Crippen LogP contribution in [0, 0.1) is 12.8 Å². The van der Waals surface area contributed by atoms with Gasteiger partial charge in [-0.2, -0.15) is 5.10 Å². The molecule has 2 aromatic heterocycles. The molecule has 0 atom stereocenters. The Balaban J connectivity index is 1.86. The Morgan fingerprint density at radius 2 is 2.07 bits per heavy atom. The Morgan fingerprint density at radius 3 is 2.75 bits per heavy atom. The minimum atomic E-state index is -0.590. The zero-order valence-corrected chi connectivity index (χ0v) is 16.9. The highest BCUT2D eigenvalue weighted by molar-refractivity contribution is 6.32. The SMILES string of the molecule is COc1ccc2c(COC(=O)c3c(C)nn(CC(C)C)c3Cl)cc(=O)oc2c1. The summed E-state index contributed by atoms with van der Waals surface area (Å²) in [6, 6.07) is 6.40. The third-order valence-electron chi connectivity index (χ3n) is 4.20. The quantitative estimate of drug-likeness (QED) is 0.456. The topological polar surface area (TPSA) is 83.6 Å². The number of benzene rings is 1. The van der Waals surface area contributed by atoms with Gasteiger partial charge in [-0.15, -0.1) is 0 Å². The van der Waals surface area contributed by atoms with Gasteiger partial charge in [-0.25, -0.2) is 9.59 Å². The van der Waals surface area contributed by atoms with E-state index in [0.717, 1.165) is 0 Å². The summed E-state index contributed by atoms with van der Waals surface area (Å²) in [6.07, 6.45) is 0. The van der Waals surface area contributed by atoms with Gasteiger partial charge in [-0.1, -0.05) is 25.4 Å². The van der Waals surface area contributed by atoms with Gasteiger partial charge in [0.15, 0.2) is 0 Å². The van der Waals surface area contributed by atoms with E-state index in [2.05, 4.69) is 5.10 Å². The fraction of sp³-hybridized carbons (Fsp3) is 0.350. The molecular weight excluding hydrogens is 384 g/mol. The van der Waals surface area contributed by atoms with Crippen LogP contribution in [0.5, 0.6) is 5.75 Å². The molecule has 0 aliphatic heterocycles. The third kappa shape index (κ3) is 4.04. The van der Waals surface area contributed by atoms with Crippen molar-refractivity contribution in [2.75, 3.05) is 7.11 Å². The Hall–Kier alpha value is -2.80. The maximum absolute atomic E-state index is 12.6. The molecule has 148 valence electrons. The largest absolute Gasteiger partial charge is 0.497 e. The highest BCUT2D eigenvalue weighted by Gasteiger charge is 2.22. The number of halogens is 1. The highest BCUT2D eigenvalue weighted by Crippen LogP contribution is 2.25. The first kappa shape index (κ1) is 19.9. The number of rotatable bonds is 6. The number of carbonyl (C=O) groups is 1. The van der Waals surface area contributed by atoms with E-state index in [-0.39, 0.29) is 17.3 Å². The van der Waals surface area contributed by atoms with E-state index >= 15 is 0 Å². The predicted molar refractivity (Wildman–Crippen MR) is 105 cm³/mol. The molecule has 0 spiro atoms. The number of fused-ring (bicyclic) bond motifs is 1. The average molecular weight is 405 g/mol. The van der Waals surface area contributed by atoms with Crippen LogP contribution in [0.4, 0.5) is 0 Å². The Kier molecular flexibility index (Phi) is 5.74. The highest BCUT2D eigenvalue weighted by atomic mass is 35.5. The van der Waals surface area contributed by atoms with E-state index in [1.165, 1.54) is 13.2 Å². The van der Waals surface area contributed by atoms with Crippen LogP contribution >= 0.6 is 11.6 Å². The van der Waals surface area contributed by atoms with Crippen LogP contribution in [-0.2, 0) is 17.9 Å². The summed E-state index contributed by atoms with van der Waals surface area (Å²) in [6.45, 7) is 6.27. The molecule has 1 aromatic carbocycles. The van der Waals surface area contributed by atoms with Crippen molar-refractivity contribution in [2.24, 2.45) is 5.92 Å². The lowest BCUT2D eigenvalue weighted by Gasteiger charge is -2.09. The molecule has 0 amide bonds. The van der Waals surface area contributed by atoms with E-state index in [1.54, 1.807) is 29.8 Å². The van der Waals surface area contributed by atoms with Crippen molar-refractivity contribution in [1.29, 1.82) is 0 Å². The molecule has 2 heterocycles. The molecule has 0 aliphatic carbocycles. The lowest BCUT2D eigenvalue weighted by atomic mass is 10.1. The van der Waals surface area contributed by atoms with Gasteiger partial charge in [0.2, 0.25) is 0 Å². The van der Waals surface area contributed by atoms with Crippen molar-refractivity contribution >= 4 is 28.5 Å². The summed E-state index contributed by atoms with van der Waals surface area (Å²) in [7, 11) is 1.52. The monoisotopic (exact) mass is 404 g/mol. The first-order valence-corrected chi connectivity index (χ1v) is 9.18. The van der Waals surface area contributed by atoms with Crippen LogP contribution < -0.4 is 10.4 Å². The number of aryl methyl sites for hydroxylation is 1. The zero-order chi connectivity index (χ0) is 20.4. The summed E-state index contributed by atoms with van der Waals surface area (Å²) in [4.78, 5) is 24.4. The first-order valence-electron chi connectivity index (χ1n) is 8.81. The van der Waals surface area contributed by atoms with Crippen LogP contribution in [0.1, 0.15) is 35.5 Å². The standard InChI is InChI=1S/C20H21ClN2O5/c1-11(2)9-23-19(21)18(12(3)22-23)20(25)27-10-13-7-17(24)28-16-8-14(26-4)5-6-15(13)16/h5-8,11H,9-10H2,1-4H3. The van der Waals surface area contributed by atoms with Gasteiger partial charge in [0.25, 0.3) is 0 Å². The van der Waals surface area contributed by atoms with Crippen molar-refractivity contribution in [1.82, 2.24) is 9.78 Å². The predicted octanol–water partition coefficient (Wildman–Crippen LogP) is 3.97. The molecule has 0 radical (unpaired) electrons. The molecule has 0 bridgehead atoms. The molecule has 0 aliphatic rings. The number of hydrogen-bond donors (Lipinski definition) is 0. The number of ether oxygens (including phenoxy) is 2. The van der Waals surface area contributed by atoms with E-state index in [9.17, 15) is 9.59 Å². The Labute approximate surface area is 166 Å². The van der Waals surface area contributed by atoms with Crippen molar-refractivity contribution < 1.29 is 18.7 Å². The fourth-order valence-corrected chi connectivity index (χ4v) is 3.24. The number of carbonyl (C=O) groups excluding carboxylic acids is 1. The van der Waals surface area contributed by atoms with Gasteiger partial charge >= 0.3 is 11.6 Å². The van der Waals surface area contributed by atoms with Gasteiger partial charge in [0.1, 0.15) is 28.7 Å². The second-order valence-corrected chi connectivity index (χ2v) is 7.21. The minimum Gasteiger partial charge on any atom is -0.497 e. The molecule has 0 fully saturated rings. The lowest BCUT2D eigenvalue weighted by molar-refractivity contribution is 0.0473. The number of methoxy groups -OCH3 is 1. The Morgan fingerprint density at radius 1 is 1.32 bits per heavy atom. The average Bonchev–Trinajstić information content (AvgIpc) is 2.91. The number of hydrogen-bond acceptors (Lipinski definition) is 6. The van der Waals surface area contributed by atoms with Gasteiger partial charge in [0, 0.05) is 29.6 Å². The number of nitrogens with zero attached hydrogens (tertiary/aromatic N) is 2. The van der Waals surface area contributed by atoms with E-state index in [1.807, 2.05) is 13.8 Å². The molecule has 3 aromatic rings. The Bertz CT molecular complexity index is 1080. The van der Waals surface area contributed by atoms with Crippen LogP contribution in [0.3, 0.4) is 0 Å². The summed E-state index contributed by atoms with van der Waals surface area (Å²) in [5.41, 5.74) is 1.09. The maximum Gasteiger partial charge on any atom is 0.343 e. The van der Waals surface area contributed by atoms with Crippen LogP contribution in [0.25, 0.3) is 11.0 Å². The van der Waals surface area contributed by atoms with Gasteiger partial charge in [-0.3, -0.25) is 4.68 Å². The van der Waals surface area contributed by atoms with Crippen molar-refractivity contribution in [3.05, 3.63) is 56.7 Å². The molecule has 3 rings (SSSR count). The molecular formula is C20H21ClN2O5. The van der Waals surface area contributed by atoms with E-state index in [4.69, 9.17) is 25.5 Å². The minimum absolute atomic E-state index is 0.0988. The molecule has 0 unspecified atom stereocenters. The lowest BCUT2D eigenvalue weighted by Crippen LogP contribution is -2.10. The van der Waals surface area contributed by atoms with Gasteiger partial charge < -0.3 is 13.9 Å². The van der Waals surface area contributed by atoms with E-state index in [0.29, 0.717) is 40.4 Å². The summed E-state index contributed by atoms with van der Waals surface area (Å²) in [5, 5.41) is 5.22. The molecule has 0 saturated heterocycles. The first-order chi connectivity index (χ1) is 13.3. The molecule has 28 heavy (non-hydrogen) atoms.